The summed E-state index contributed by atoms with van der Waals surface area (Å²) in [7, 11) is 0. The molecular weight excluding hydrogens is 216 g/mol. The maximum absolute atomic E-state index is 12.1. The van der Waals surface area contributed by atoms with Crippen molar-refractivity contribution in [3.8, 4) is 0 Å². The van der Waals surface area contributed by atoms with Gasteiger partial charge in [-0.3, -0.25) is 9.59 Å². The highest BCUT2D eigenvalue weighted by molar-refractivity contribution is 6.22. The smallest absolute Gasteiger partial charge is 0.251 e. The van der Waals surface area contributed by atoms with Crippen LogP contribution in [0.3, 0.4) is 0 Å². The summed E-state index contributed by atoms with van der Waals surface area (Å²) in [4.78, 5) is 25.2. The van der Waals surface area contributed by atoms with E-state index in [4.69, 9.17) is 0 Å². The fraction of sp³-hybridized carbons (Fsp3) is 0.385. The highest BCUT2D eigenvalue weighted by Gasteiger charge is 2.39. The molecule has 1 aliphatic rings. The van der Waals surface area contributed by atoms with E-state index in [0.717, 1.165) is 0 Å². The van der Waals surface area contributed by atoms with Gasteiger partial charge in [-0.05, 0) is 12.1 Å². The van der Waals surface area contributed by atoms with Crippen LogP contribution in [0.2, 0.25) is 0 Å². The molecule has 1 heterocycles. The van der Waals surface area contributed by atoms with Crippen LogP contribution in [0.25, 0.3) is 0 Å². The molecule has 90 valence electrons. The quantitative estimate of drug-likeness (QED) is 0.799. The standard InChI is InChI=1S/C13H16N2O2/c1-9(2)14-11-8-12(16)15(13(11)17)10-6-4-3-5-7-10/h3-7,9,11,14H,8H2,1-2H3. The van der Waals surface area contributed by atoms with Crippen LogP contribution in [-0.4, -0.2) is 23.9 Å². The molecule has 1 atom stereocenters. The zero-order valence-electron chi connectivity index (χ0n) is 10.0. The Bertz CT molecular complexity index is 428. The Balaban J connectivity index is 2.20. The van der Waals surface area contributed by atoms with Crippen molar-refractivity contribution in [3.63, 3.8) is 0 Å². The molecule has 0 radical (unpaired) electrons. The Morgan fingerprint density at radius 3 is 2.47 bits per heavy atom. The van der Waals surface area contributed by atoms with Crippen molar-refractivity contribution in [3.05, 3.63) is 30.3 Å². The lowest BCUT2D eigenvalue weighted by Crippen LogP contribution is -2.41. The van der Waals surface area contributed by atoms with Gasteiger partial charge in [0.1, 0.15) is 0 Å². The Hall–Kier alpha value is -1.68. The van der Waals surface area contributed by atoms with Crippen LogP contribution >= 0.6 is 0 Å². The zero-order chi connectivity index (χ0) is 12.4. The summed E-state index contributed by atoms with van der Waals surface area (Å²) in [6.07, 6.45) is 0.242. The van der Waals surface area contributed by atoms with Crippen LogP contribution in [0, 0.1) is 0 Å². The zero-order valence-corrected chi connectivity index (χ0v) is 10.0. The third-order valence-electron chi connectivity index (χ3n) is 2.70. The summed E-state index contributed by atoms with van der Waals surface area (Å²) < 4.78 is 0. The van der Waals surface area contributed by atoms with E-state index in [0.29, 0.717) is 5.69 Å². The largest absolute Gasteiger partial charge is 0.303 e. The number of anilines is 1. The third-order valence-corrected chi connectivity index (χ3v) is 2.70. The van der Waals surface area contributed by atoms with E-state index in [1.54, 1.807) is 12.1 Å². The summed E-state index contributed by atoms with van der Waals surface area (Å²) in [5, 5.41) is 3.11. The molecule has 1 aromatic rings. The number of carbonyl (C=O) groups excluding carboxylic acids is 2. The fourth-order valence-electron chi connectivity index (χ4n) is 2.01. The molecule has 0 spiro atoms. The number of hydrogen-bond donors (Lipinski definition) is 1. The molecule has 4 heteroatoms. The van der Waals surface area contributed by atoms with Crippen molar-refractivity contribution in [2.24, 2.45) is 0 Å². The first-order valence-electron chi connectivity index (χ1n) is 5.77. The first-order valence-corrected chi connectivity index (χ1v) is 5.77. The number of hydrogen-bond acceptors (Lipinski definition) is 3. The second kappa shape index (κ2) is 4.67. The van der Waals surface area contributed by atoms with E-state index in [-0.39, 0.29) is 30.3 Å². The predicted molar refractivity (Wildman–Crippen MR) is 65.6 cm³/mol. The number of benzene rings is 1. The van der Waals surface area contributed by atoms with Gasteiger partial charge in [-0.2, -0.15) is 0 Å². The maximum atomic E-state index is 12.1. The molecule has 1 fully saturated rings. The van der Waals surface area contributed by atoms with Crippen molar-refractivity contribution in [1.82, 2.24) is 5.32 Å². The van der Waals surface area contributed by atoms with Crippen LogP contribution in [0.5, 0.6) is 0 Å². The van der Waals surface area contributed by atoms with Crippen LogP contribution < -0.4 is 10.2 Å². The lowest BCUT2D eigenvalue weighted by Gasteiger charge is -2.16. The van der Waals surface area contributed by atoms with Gasteiger partial charge in [0, 0.05) is 6.04 Å². The number of carbonyl (C=O) groups is 2. The highest BCUT2D eigenvalue weighted by atomic mass is 16.2. The van der Waals surface area contributed by atoms with Gasteiger partial charge in [-0.1, -0.05) is 32.0 Å². The van der Waals surface area contributed by atoms with E-state index < -0.39 is 0 Å². The summed E-state index contributed by atoms with van der Waals surface area (Å²) in [5.41, 5.74) is 0.649. The average molecular weight is 232 g/mol. The van der Waals surface area contributed by atoms with Crippen molar-refractivity contribution < 1.29 is 9.59 Å². The van der Waals surface area contributed by atoms with Crippen molar-refractivity contribution >= 4 is 17.5 Å². The summed E-state index contributed by atoms with van der Waals surface area (Å²) in [6, 6.07) is 8.84. The Morgan fingerprint density at radius 2 is 1.88 bits per heavy atom. The Labute approximate surface area is 101 Å². The van der Waals surface area contributed by atoms with Crippen LogP contribution in [0.4, 0.5) is 5.69 Å². The first-order chi connectivity index (χ1) is 8.09. The highest BCUT2D eigenvalue weighted by Crippen LogP contribution is 2.22. The van der Waals surface area contributed by atoms with E-state index in [2.05, 4.69) is 5.32 Å². The van der Waals surface area contributed by atoms with Gasteiger partial charge in [0.2, 0.25) is 5.91 Å². The molecule has 1 aliphatic heterocycles. The van der Waals surface area contributed by atoms with Gasteiger partial charge < -0.3 is 5.32 Å². The van der Waals surface area contributed by atoms with Crippen LogP contribution in [0.1, 0.15) is 20.3 Å². The van der Waals surface area contributed by atoms with Gasteiger partial charge >= 0.3 is 0 Å². The molecule has 0 saturated carbocycles. The minimum atomic E-state index is -0.386. The van der Waals surface area contributed by atoms with Crippen LogP contribution in [-0.2, 0) is 9.59 Å². The number of para-hydroxylation sites is 1. The topological polar surface area (TPSA) is 49.4 Å². The number of imide groups is 1. The lowest BCUT2D eigenvalue weighted by atomic mass is 10.2. The number of nitrogens with one attached hydrogen (secondary N) is 1. The SMILES string of the molecule is CC(C)NC1CC(=O)N(c2ccccc2)C1=O. The molecule has 2 amide bonds. The molecule has 0 aromatic heterocycles. The maximum Gasteiger partial charge on any atom is 0.251 e. The van der Waals surface area contributed by atoms with Crippen LogP contribution in [0.15, 0.2) is 30.3 Å². The average Bonchev–Trinajstić information content (AvgIpc) is 2.54. The van der Waals surface area contributed by atoms with Crippen molar-refractivity contribution in [2.75, 3.05) is 4.90 Å². The molecule has 4 nitrogen and oxygen atoms in total. The third kappa shape index (κ3) is 2.36. The number of rotatable bonds is 3. The second-order valence-corrected chi connectivity index (χ2v) is 4.48. The molecule has 1 saturated heterocycles. The molecule has 2 rings (SSSR count). The summed E-state index contributed by atoms with van der Waals surface area (Å²) in [6.45, 7) is 3.92. The summed E-state index contributed by atoms with van der Waals surface area (Å²) >= 11 is 0. The van der Waals surface area contributed by atoms with Gasteiger partial charge in [-0.25, -0.2) is 4.90 Å². The Kier molecular flexibility index (Phi) is 3.24. The number of nitrogens with zero attached hydrogens (tertiary/aromatic N) is 1. The minimum absolute atomic E-state index is 0.139. The molecule has 17 heavy (non-hydrogen) atoms. The van der Waals surface area contributed by atoms with Gasteiger partial charge in [0.15, 0.2) is 0 Å². The van der Waals surface area contributed by atoms with E-state index in [9.17, 15) is 9.59 Å². The Morgan fingerprint density at radius 1 is 1.24 bits per heavy atom. The van der Waals surface area contributed by atoms with E-state index in [1.807, 2.05) is 32.0 Å². The molecule has 0 bridgehead atoms. The lowest BCUT2D eigenvalue weighted by molar-refractivity contribution is -0.121. The van der Waals surface area contributed by atoms with Gasteiger partial charge in [0.05, 0.1) is 18.2 Å². The minimum Gasteiger partial charge on any atom is -0.303 e. The molecule has 1 aromatic carbocycles. The molecule has 1 unspecified atom stereocenters. The number of amides is 2. The predicted octanol–water partition coefficient (Wildman–Crippen LogP) is 1.32. The molecular formula is C13H16N2O2. The normalized spacial score (nSPS) is 20.4. The van der Waals surface area contributed by atoms with Crippen molar-refractivity contribution in [1.29, 1.82) is 0 Å². The first kappa shape index (κ1) is 11.8. The molecule has 0 aliphatic carbocycles. The van der Waals surface area contributed by atoms with Crippen molar-refractivity contribution in [2.45, 2.75) is 32.4 Å². The van der Waals surface area contributed by atoms with E-state index >= 15 is 0 Å². The monoisotopic (exact) mass is 232 g/mol. The van der Waals surface area contributed by atoms with Gasteiger partial charge in [0.25, 0.3) is 5.91 Å². The summed E-state index contributed by atoms with van der Waals surface area (Å²) in [5.74, 6) is -0.297. The molecule has 1 N–H and O–H groups in total. The second-order valence-electron chi connectivity index (χ2n) is 4.48. The van der Waals surface area contributed by atoms with Gasteiger partial charge in [-0.15, -0.1) is 0 Å². The van der Waals surface area contributed by atoms with E-state index in [1.165, 1.54) is 4.90 Å². The fourth-order valence-corrected chi connectivity index (χ4v) is 2.01.